The predicted octanol–water partition coefficient (Wildman–Crippen LogP) is 2.34. The van der Waals surface area contributed by atoms with Crippen molar-refractivity contribution in [3.05, 3.63) is 23.4 Å². The quantitative estimate of drug-likeness (QED) is 0.308. The van der Waals surface area contributed by atoms with Crippen LogP contribution >= 0.6 is 11.6 Å². The van der Waals surface area contributed by atoms with Crippen LogP contribution in [0.4, 0.5) is 0 Å². The van der Waals surface area contributed by atoms with E-state index in [1.54, 1.807) is 6.08 Å². The molecular weight excluding hydrogens is 122 g/mol. The van der Waals surface area contributed by atoms with Crippen LogP contribution in [-0.2, 0) is 0 Å². The van der Waals surface area contributed by atoms with Crippen molar-refractivity contribution in [3.8, 4) is 0 Å². The van der Waals surface area contributed by atoms with E-state index in [1.807, 2.05) is 6.92 Å². The fourth-order valence-corrected chi connectivity index (χ4v) is 0.286. The first kappa shape index (κ1) is 7.44. The Labute approximate surface area is 54.4 Å². The third kappa shape index (κ3) is 1.94. The molecule has 8 heavy (non-hydrogen) atoms. The van der Waals surface area contributed by atoms with Gasteiger partial charge in [0.15, 0.2) is 0 Å². The third-order valence-electron chi connectivity index (χ3n) is 0.770. The Morgan fingerprint density at radius 3 is 2.38 bits per heavy atom. The van der Waals surface area contributed by atoms with Crippen LogP contribution in [0.15, 0.2) is 28.4 Å². The molecule has 0 atom stereocenters. The van der Waals surface area contributed by atoms with Gasteiger partial charge in [0.2, 0.25) is 0 Å². The van der Waals surface area contributed by atoms with E-state index in [-0.39, 0.29) is 0 Å². The third-order valence-corrected chi connectivity index (χ3v) is 1.19. The van der Waals surface area contributed by atoms with E-state index >= 15 is 0 Å². The Morgan fingerprint density at radius 2 is 2.25 bits per heavy atom. The van der Waals surface area contributed by atoms with E-state index in [4.69, 9.17) is 11.6 Å². The Hall–Kier alpha value is -0.560. The zero-order valence-corrected chi connectivity index (χ0v) is 5.57. The van der Waals surface area contributed by atoms with Gasteiger partial charge in [-0.2, -0.15) is 0 Å². The first-order valence-electron chi connectivity index (χ1n) is 2.18. The molecule has 0 unspecified atom stereocenters. The first-order valence-corrected chi connectivity index (χ1v) is 2.55. The van der Waals surface area contributed by atoms with Crippen molar-refractivity contribution in [1.29, 1.82) is 0 Å². The number of hydrogen-bond acceptors (Lipinski definition) is 1. The van der Waals surface area contributed by atoms with Crippen LogP contribution in [0.3, 0.4) is 0 Å². The zero-order valence-electron chi connectivity index (χ0n) is 4.82. The fraction of sp³-hybridized carbons (Fsp3) is 0.167. The van der Waals surface area contributed by atoms with Gasteiger partial charge in [-0.05, 0) is 19.2 Å². The molecule has 0 saturated carbocycles. The molecule has 0 spiro atoms. The lowest BCUT2D eigenvalue weighted by molar-refractivity contribution is 1.41. The molecule has 2 heteroatoms. The molecule has 0 fully saturated rings. The molecule has 0 radical (unpaired) electrons. The standard InChI is InChI=1S/C6H8ClN/c1-4-5(2)6(7)8-3/h4H,1,3H2,2H3/b6-5-. The Kier molecular flexibility index (Phi) is 3.20. The maximum absolute atomic E-state index is 5.50. The van der Waals surface area contributed by atoms with Crippen molar-refractivity contribution in [1.82, 2.24) is 0 Å². The molecule has 0 aliphatic heterocycles. The topological polar surface area (TPSA) is 12.4 Å². The van der Waals surface area contributed by atoms with E-state index < -0.39 is 0 Å². The summed E-state index contributed by atoms with van der Waals surface area (Å²) in [4.78, 5) is 3.48. The van der Waals surface area contributed by atoms with Crippen molar-refractivity contribution >= 4 is 18.3 Å². The normalized spacial score (nSPS) is 12.2. The summed E-state index contributed by atoms with van der Waals surface area (Å²) in [5, 5.41) is 0.417. The minimum Gasteiger partial charge on any atom is -0.252 e. The fourth-order valence-electron chi connectivity index (χ4n) is 0.209. The number of aliphatic imine (C=N–C) groups is 1. The highest BCUT2D eigenvalue weighted by molar-refractivity contribution is 6.30. The summed E-state index contributed by atoms with van der Waals surface area (Å²) >= 11 is 5.50. The van der Waals surface area contributed by atoms with E-state index in [2.05, 4.69) is 18.3 Å². The number of rotatable bonds is 2. The summed E-state index contributed by atoms with van der Waals surface area (Å²) in [5.74, 6) is 0. The van der Waals surface area contributed by atoms with Crippen LogP contribution in [-0.4, -0.2) is 6.72 Å². The van der Waals surface area contributed by atoms with Crippen LogP contribution < -0.4 is 0 Å². The molecule has 0 heterocycles. The second-order valence-electron chi connectivity index (χ2n) is 1.34. The molecular formula is C6H8ClN. The molecule has 0 rings (SSSR count). The lowest BCUT2D eigenvalue weighted by Crippen LogP contribution is -1.69. The minimum absolute atomic E-state index is 0.417. The molecule has 0 saturated heterocycles. The summed E-state index contributed by atoms with van der Waals surface area (Å²) in [7, 11) is 0. The van der Waals surface area contributed by atoms with E-state index in [0.29, 0.717) is 5.16 Å². The molecule has 0 aliphatic carbocycles. The van der Waals surface area contributed by atoms with Crippen molar-refractivity contribution in [3.63, 3.8) is 0 Å². The van der Waals surface area contributed by atoms with Gasteiger partial charge < -0.3 is 0 Å². The highest BCUT2D eigenvalue weighted by Gasteiger charge is 1.86. The lowest BCUT2D eigenvalue weighted by Gasteiger charge is -1.88. The second kappa shape index (κ2) is 3.44. The van der Waals surface area contributed by atoms with Crippen LogP contribution in [0.25, 0.3) is 0 Å². The highest BCUT2D eigenvalue weighted by atomic mass is 35.5. The molecule has 0 aromatic heterocycles. The molecule has 0 aromatic rings. The monoisotopic (exact) mass is 129 g/mol. The molecule has 0 N–H and O–H groups in total. The molecule has 44 valence electrons. The average Bonchev–Trinajstić information content (AvgIpc) is 1.84. The number of nitrogens with zero attached hydrogens (tertiary/aromatic N) is 1. The first-order chi connectivity index (χ1) is 3.72. The summed E-state index contributed by atoms with van der Waals surface area (Å²) in [6.07, 6.45) is 1.64. The number of allylic oxidation sites excluding steroid dienone is 2. The van der Waals surface area contributed by atoms with Gasteiger partial charge >= 0.3 is 0 Å². The van der Waals surface area contributed by atoms with Crippen molar-refractivity contribution in [2.24, 2.45) is 4.99 Å². The predicted molar refractivity (Wildman–Crippen MR) is 38.3 cm³/mol. The number of halogens is 1. The maximum atomic E-state index is 5.50. The van der Waals surface area contributed by atoms with Gasteiger partial charge in [-0.3, -0.25) is 4.99 Å². The van der Waals surface area contributed by atoms with E-state index in [0.717, 1.165) is 5.57 Å². The molecule has 0 amide bonds. The van der Waals surface area contributed by atoms with Gasteiger partial charge in [0, 0.05) is 0 Å². The van der Waals surface area contributed by atoms with Gasteiger partial charge in [0.1, 0.15) is 5.16 Å². The molecule has 1 nitrogen and oxygen atoms in total. The largest absolute Gasteiger partial charge is 0.252 e. The van der Waals surface area contributed by atoms with E-state index in [9.17, 15) is 0 Å². The van der Waals surface area contributed by atoms with Gasteiger partial charge in [0.25, 0.3) is 0 Å². The molecule has 0 aromatic carbocycles. The van der Waals surface area contributed by atoms with Crippen LogP contribution in [0.5, 0.6) is 0 Å². The van der Waals surface area contributed by atoms with Gasteiger partial charge in [-0.1, -0.05) is 24.3 Å². The van der Waals surface area contributed by atoms with Crippen molar-refractivity contribution in [2.45, 2.75) is 6.92 Å². The van der Waals surface area contributed by atoms with Crippen LogP contribution in [0, 0.1) is 0 Å². The lowest BCUT2D eigenvalue weighted by atomic mass is 10.3. The summed E-state index contributed by atoms with van der Waals surface area (Å²) in [5.41, 5.74) is 0.849. The van der Waals surface area contributed by atoms with Crippen molar-refractivity contribution < 1.29 is 0 Å². The van der Waals surface area contributed by atoms with Gasteiger partial charge in [0.05, 0.1) is 0 Å². The zero-order chi connectivity index (χ0) is 6.57. The van der Waals surface area contributed by atoms with Gasteiger partial charge in [-0.15, -0.1) is 0 Å². The SMILES string of the molecule is C=C/C(C)=C(/Cl)N=C. The Morgan fingerprint density at radius 1 is 1.75 bits per heavy atom. The smallest absolute Gasteiger partial charge is 0.131 e. The van der Waals surface area contributed by atoms with E-state index in [1.165, 1.54) is 0 Å². The summed E-state index contributed by atoms with van der Waals surface area (Å²) in [6, 6.07) is 0. The summed E-state index contributed by atoms with van der Waals surface area (Å²) < 4.78 is 0. The van der Waals surface area contributed by atoms with Crippen LogP contribution in [0.2, 0.25) is 0 Å². The van der Waals surface area contributed by atoms with Crippen molar-refractivity contribution in [2.75, 3.05) is 0 Å². The maximum Gasteiger partial charge on any atom is 0.131 e. The van der Waals surface area contributed by atoms with Crippen LogP contribution in [0.1, 0.15) is 6.92 Å². The second-order valence-corrected chi connectivity index (χ2v) is 1.69. The minimum atomic E-state index is 0.417. The van der Waals surface area contributed by atoms with Gasteiger partial charge in [-0.25, -0.2) is 0 Å². The average molecular weight is 130 g/mol. The molecule has 0 aliphatic rings. The highest BCUT2D eigenvalue weighted by Crippen LogP contribution is 2.09. The molecule has 0 bridgehead atoms. The Bertz CT molecular complexity index is 119. The summed E-state index contributed by atoms with van der Waals surface area (Å²) in [6.45, 7) is 8.57. The Balaban J connectivity index is 4.25. The number of hydrogen-bond donors (Lipinski definition) is 0.